The molecule has 5 rings (SSSR count). The number of sulfonamides is 1. The lowest BCUT2D eigenvalue weighted by molar-refractivity contribution is 0.0600. The van der Waals surface area contributed by atoms with Gasteiger partial charge in [0, 0.05) is 17.8 Å². The van der Waals surface area contributed by atoms with Crippen LogP contribution in [0, 0.1) is 6.92 Å². The van der Waals surface area contributed by atoms with Crippen LogP contribution in [0.15, 0.2) is 81.5 Å². The molecule has 0 saturated carbocycles. The number of nitrogens with one attached hydrogen (secondary N) is 3. The zero-order valence-electron chi connectivity index (χ0n) is 21.3. The van der Waals surface area contributed by atoms with E-state index in [0.717, 1.165) is 33.8 Å². The van der Waals surface area contributed by atoms with Gasteiger partial charge in [-0.15, -0.1) is 11.3 Å². The van der Waals surface area contributed by atoms with Gasteiger partial charge in [-0.05, 0) is 76.4 Å². The van der Waals surface area contributed by atoms with Gasteiger partial charge >= 0.3 is 5.97 Å². The number of aromatic nitrogens is 2. The number of hydrogen-bond donors (Lipinski definition) is 3. The van der Waals surface area contributed by atoms with Crippen molar-refractivity contribution < 1.29 is 22.7 Å². The number of carbonyl (C=O) groups excluding carboxylic acids is 2. The summed E-state index contributed by atoms with van der Waals surface area (Å²) in [6.07, 6.45) is 0.653. The van der Waals surface area contributed by atoms with Crippen LogP contribution in [-0.2, 0) is 21.2 Å². The predicted octanol–water partition coefficient (Wildman–Crippen LogP) is 6.13. The van der Waals surface area contributed by atoms with Gasteiger partial charge in [0.2, 0.25) is 0 Å². The number of rotatable bonds is 8. The van der Waals surface area contributed by atoms with Crippen molar-refractivity contribution in [1.29, 1.82) is 0 Å². The molecule has 40 heavy (non-hydrogen) atoms. The van der Waals surface area contributed by atoms with Crippen LogP contribution < -0.4 is 10.0 Å². The van der Waals surface area contributed by atoms with Crippen LogP contribution in [0.1, 0.15) is 37.0 Å². The maximum atomic E-state index is 13.2. The summed E-state index contributed by atoms with van der Waals surface area (Å²) in [6.45, 7) is 1.58. The SMILES string of the molecule is COC(=O)c1ccc(NS(=O)(=O)c2c(Br)sc(C(=O)Nc3ccc4nc(Cc5ccccc5)[nH]c4c3)c2C)cc1. The molecule has 0 aliphatic heterocycles. The number of esters is 1. The number of imidazole rings is 1. The molecule has 0 fully saturated rings. The highest BCUT2D eigenvalue weighted by Crippen LogP contribution is 2.37. The quantitative estimate of drug-likeness (QED) is 0.175. The molecular formula is C28H23BrN4O5S2. The number of amides is 1. The number of fused-ring (bicyclic) bond motifs is 1. The fraction of sp³-hybridized carbons (Fsp3) is 0.107. The summed E-state index contributed by atoms with van der Waals surface area (Å²) in [5.74, 6) is -0.152. The number of anilines is 2. The van der Waals surface area contributed by atoms with Gasteiger partial charge in [0.25, 0.3) is 15.9 Å². The van der Waals surface area contributed by atoms with E-state index in [0.29, 0.717) is 21.5 Å². The Balaban J connectivity index is 1.33. The summed E-state index contributed by atoms with van der Waals surface area (Å²) in [5.41, 5.74) is 4.09. The first-order chi connectivity index (χ1) is 19.1. The standard InChI is InChI=1S/C28H23BrN4O5S2/c1-16-24(39-26(29)25(16)40(36,37)33-19-10-8-18(9-11-19)28(35)38-2)27(34)30-20-12-13-21-22(15-20)32-23(31-21)14-17-6-4-3-5-7-17/h3-13,15,33H,14H2,1-2H3,(H,30,34)(H,31,32). The molecule has 0 aliphatic carbocycles. The van der Waals surface area contributed by atoms with Crippen molar-refractivity contribution in [3.63, 3.8) is 0 Å². The smallest absolute Gasteiger partial charge is 0.337 e. The van der Waals surface area contributed by atoms with Crippen molar-refractivity contribution in [1.82, 2.24) is 9.97 Å². The number of benzene rings is 3. The summed E-state index contributed by atoms with van der Waals surface area (Å²) < 4.78 is 33.9. The molecule has 2 heterocycles. The van der Waals surface area contributed by atoms with Crippen LogP contribution in [0.3, 0.4) is 0 Å². The third-order valence-electron chi connectivity index (χ3n) is 6.09. The minimum Gasteiger partial charge on any atom is -0.465 e. The summed E-state index contributed by atoms with van der Waals surface area (Å²) >= 11 is 4.35. The third-order valence-corrected chi connectivity index (χ3v) is 9.99. The molecule has 0 unspecified atom stereocenters. The van der Waals surface area contributed by atoms with Crippen LogP contribution in [-0.4, -0.2) is 37.4 Å². The van der Waals surface area contributed by atoms with E-state index in [-0.39, 0.29) is 21.0 Å². The van der Waals surface area contributed by atoms with Crippen molar-refractivity contribution >= 4 is 71.6 Å². The first-order valence-electron chi connectivity index (χ1n) is 12.0. The highest BCUT2D eigenvalue weighted by molar-refractivity contribution is 9.11. The van der Waals surface area contributed by atoms with E-state index in [4.69, 9.17) is 0 Å². The molecule has 0 saturated heterocycles. The fourth-order valence-corrected chi connectivity index (χ4v) is 8.22. The maximum absolute atomic E-state index is 13.2. The molecule has 0 bridgehead atoms. The van der Waals surface area contributed by atoms with Gasteiger partial charge in [0.15, 0.2) is 0 Å². The Hall–Kier alpha value is -4.00. The van der Waals surface area contributed by atoms with Crippen molar-refractivity contribution in [3.8, 4) is 0 Å². The average molecular weight is 640 g/mol. The second kappa shape index (κ2) is 11.2. The van der Waals surface area contributed by atoms with Crippen molar-refractivity contribution in [2.75, 3.05) is 17.1 Å². The lowest BCUT2D eigenvalue weighted by Gasteiger charge is -2.09. The molecule has 3 N–H and O–H groups in total. The molecule has 0 aliphatic rings. The van der Waals surface area contributed by atoms with Gasteiger partial charge in [-0.1, -0.05) is 30.3 Å². The molecule has 2 aromatic heterocycles. The number of nitrogens with zero attached hydrogens (tertiary/aromatic N) is 1. The Labute approximate surface area is 242 Å². The van der Waals surface area contributed by atoms with Crippen LogP contribution in [0.25, 0.3) is 11.0 Å². The lowest BCUT2D eigenvalue weighted by atomic mass is 10.1. The number of methoxy groups -OCH3 is 1. The van der Waals surface area contributed by atoms with Gasteiger partial charge < -0.3 is 15.0 Å². The monoisotopic (exact) mass is 638 g/mol. The first-order valence-corrected chi connectivity index (χ1v) is 15.1. The average Bonchev–Trinajstić information content (AvgIpc) is 3.47. The van der Waals surface area contributed by atoms with Crippen LogP contribution in [0.5, 0.6) is 0 Å². The Kier molecular flexibility index (Phi) is 7.74. The van der Waals surface area contributed by atoms with Gasteiger partial charge in [0.05, 0.1) is 32.4 Å². The molecule has 1 amide bonds. The first kappa shape index (κ1) is 27.6. The third kappa shape index (κ3) is 5.79. The Bertz CT molecular complexity index is 1830. The molecular weight excluding hydrogens is 616 g/mol. The number of aromatic amines is 1. The summed E-state index contributed by atoms with van der Waals surface area (Å²) in [4.78, 5) is 33.0. The van der Waals surface area contributed by atoms with E-state index in [1.807, 2.05) is 36.4 Å². The fourth-order valence-electron chi connectivity index (χ4n) is 4.19. The molecule has 3 aromatic carbocycles. The Morgan fingerprint density at radius 3 is 2.42 bits per heavy atom. The van der Waals surface area contributed by atoms with Crippen LogP contribution in [0.4, 0.5) is 11.4 Å². The van der Waals surface area contributed by atoms with E-state index in [1.54, 1.807) is 19.1 Å². The number of ether oxygens (including phenoxy) is 1. The lowest BCUT2D eigenvalue weighted by Crippen LogP contribution is -2.15. The minimum atomic E-state index is -4.05. The molecule has 0 radical (unpaired) electrons. The molecule has 5 aromatic rings. The summed E-state index contributed by atoms with van der Waals surface area (Å²) in [7, 11) is -2.78. The number of hydrogen-bond acceptors (Lipinski definition) is 7. The number of halogens is 1. The van der Waals surface area contributed by atoms with Crippen LogP contribution in [0.2, 0.25) is 0 Å². The zero-order valence-corrected chi connectivity index (χ0v) is 24.5. The van der Waals surface area contributed by atoms with E-state index in [9.17, 15) is 18.0 Å². The summed E-state index contributed by atoms with van der Waals surface area (Å²) in [5, 5.41) is 2.86. The van der Waals surface area contributed by atoms with Gasteiger partial charge in [-0.25, -0.2) is 18.2 Å². The van der Waals surface area contributed by atoms with E-state index >= 15 is 0 Å². The number of carbonyl (C=O) groups is 2. The topological polar surface area (TPSA) is 130 Å². The highest BCUT2D eigenvalue weighted by Gasteiger charge is 2.28. The van der Waals surface area contributed by atoms with Gasteiger partial charge in [0.1, 0.15) is 10.7 Å². The van der Waals surface area contributed by atoms with E-state index in [1.165, 1.54) is 31.4 Å². The van der Waals surface area contributed by atoms with E-state index < -0.39 is 21.9 Å². The Morgan fingerprint density at radius 2 is 1.73 bits per heavy atom. The van der Waals surface area contributed by atoms with Crippen molar-refractivity contribution in [2.45, 2.75) is 18.2 Å². The maximum Gasteiger partial charge on any atom is 0.337 e. The number of thiophene rings is 1. The zero-order chi connectivity index (χ0) is 28.4. The van der Waals surface area contributed by atoms with Crippen molar-refractivity contribution in [2.24, 2.45) is 0 Å². The summed E-state index contributed by atoms with van der Waals surface area (Å²) in [6, 6.07) is 21.2. The second-order valence-corrected chi connectivity index (χ2v) is 12.8. The minimum absolute atomic E-state index is 0.0331. The van der Waals surface area contributed by atoms with Crippen LogP contribution >= 0.6 is 27.3 Å². The number of H-pyrrole nitrogens is 1. The molecule has 204 valence electrons. The van der Waals surface area contributed by atoms with E-state index in [2.05, 4.69) is 40.7 Å². The Morgan fingerprint density at radius 1 is 1.02 bits per heavy atom. The molecule has 12 heteroatoms. The highest BCUT2D eigenvalue weighted by atomic mass is 79.9. The molecule has 9 nitrogen and oxygen atoms in total. The predicted molar refractivity (Wildman–Crippen MR) is 159 cm³/mol. The van der Waals surface area contributed by atoms with Gasteiger partial charge in [-0.3, -0.25) is 9.52 Å². The molecule has 0 atom stereocenters. The normalized spacial score (nSPS) is 11.4. The molecule has 0 spiro atoms. The van der Waals surface area contributed by atoms with Gasteiger partial charge in [-0.2, -0.15) is 0 Å². The largest absolute Gasteiger partial charge is 0.465 e. The second-order valence-electron chi connectivity index (χ2n) is 8.87. The van der Waals surface area contributed by atoms with Crippen molar-refractivity contribution in [3.05, 3.63) is 104 Å².